The minimum atomic E-state index is 0.0211. The number of rotatable bonds is 8. The summed E-state index contributed by atoms with van der Waals surface area (Å²) in [6.07, 6.45) is 4.55. The highest BCUT2D eigenvalue weighted by molar-refractivity contribution is 5.76. The monoisotopic (exact) mass is 407 g/mol. The van der Waals surface area contributed by atoms with Gasteiger partial charge in [0.15, 0.2) is 11.5 Å². The van der Waals surface area contributed by atoms with E-state index in [4.69, 9.17) is 9.15 Å². The van der Waals surface area contributed by atoms with Crippen LogP contribution in [0.2, 0.25) is 0 Å². The third-order valence-corrected chi connectivity index (χ3v) is 5.73. The van der Waals surface area contributed by atoms with Crippen LogP contribution < -0.4 is 10.1 Å². The second-order valence-corrected chi connectivity index (χ2v) is 7.76. The number of carbonyl (C=O) groups is 1. The number of aryl methyl sites for hydroxylation is 1. The van der Waals surface area contributed by atoms with Crippen LogP contribution in [0.5, 0.6) is 5.75 Å². The van der Waals surface area contributed by atoms with Gasteiger partial charge in [-0.1, -0.05) is 30.7 Å². The van der Waals surface area contributed by atoms with Crippen LogP contribution in [0, 0.1) is 0 Å². The predicted octanol–water partition coefficient (Wildman–Crippen LogP) is 4.11. The van der Waals surface area contributed by atoms with Crippen LogP contribution in [-0.4, -0.2) is 42.5 Å². The molecule has 0 saturated carbocycles. The van der Waals surface area contributed by atoms with Gasteiger partial charge < -0.3 is 14.5 Å². The van der Waals surface area contributed by atoms with Crippen molar-refractivity contribution in [1.29, 1.82) is 0 Å². The number of carbonyl (C=O) groups excluding carboxylic acids is 1. The highest BCUT2D eigenvalue weighted by atomic mass is 16.5. The van der Waals surface area contributed by atoms with Gasteiger partial charge in [0.1, 0.15) is 11.3 Å². The Morgan fingerprint density at radius 2 is 1.90 bits per heavy atom. The molecule has 1 unspecified atom stereocenters. The van der Waals surface area contributed by atoms with Crippen LogP contribution in [-0.2, 0) is 11.2 Å². The van der Waals surface area contributed by atoms with Crippen molar-refractivity contribution in [3.63, 3.8) is 0 Å². The van der Waals surface area contributed by atoms with E-state index in [9.17, 15) is 4.79 Å². The first-order valence-electron chi connectivity index (χ1n) is 10.7. The van der Waals surface area contributed by atoms with Gasteiger partial charge in [-0.05, 0) is 55.8 Å². The molecule has 2 heterocycles. The summed E-state index contributed by atoms with van der Waals surface area (Å²) >= 11 is 0. The largest absolute Gasteiger partial charge is 0.497 e. The van der Waals surface area contributed by atoms with E-state index in [1.165, 1.54) is 24.8 Å². The summed E-state index contributed by atoms with van der Waals surface area (Å²) in [6.45, 7) is 2.73. The maximum Gasteiger partial charge on any atom is 0.220 e. The van der Waals surface area contributed by atoms with E-state index in [2.05, 4.69) is 27.3 Å². The van der Waals surface area contributed by atoms with Crippen molar-refractivity contribution in [2.24, 2.45) is 0 Å². The van der Waals surface area contributed by atoms with Crippen LogP contribution in [0.4, 0.5) is 0 Å². The Labute approximate surface area is 177 Å². The quantitative estimate of drug-likeness (QED) is 0.609. The van der Waals surface area contributed by atoms with Crippen molar-refractivity contribution >= 4 is 17.0 Å². The lowest BCUT2D eigenvalue weighted by Gasteiger charge is -2.35. The van der Waals surface area contributed by atoms with E-state index in [-0.39, 0.29) is 11.9 Å². The number of amides is 1. The molecule has 6 heteroatoms. The van der Waals surface area contributed by atoms with Crippen LogP contribution in [0.25, 0.3) is 11.1 Å². The molecule has 0 radical (unpaired) electrons. The molecule has 1 saturated heterocycles. The average Bonchev–Trinajstić information content (AvgIpc) is 3.22. The van der Waals surface area contributed by atoms with E-state index < -0.39 is 0 Å². The molecule has 1 amide bonds. The van der Waals surface area contributed by atoms with Crippen molar-refractivity contribution in [2.45, 2.75) is 38.1 Å². The Morgan fingerprint density at radius 1 is 1.13 bits per heavy atom. The summed E-state index contributed by atoms with van der Waals surface area (Å²) in [5, 5.41) is 3.13. The van der Waals surface area contributed by atoms with Gasteiger partial charge in [0, 0.05) is 19.4 Å². The van der Waals surface area contributed by atoms with Gasteiger partial charge in [-0.3, -0.25) is 9.69 Å². The normalized spacial score (nSPS) is 15.8. The first kappa shape index (κ1) is 20.4. The fourth-order valence-corrected chi connectivity index (χ4v) is 4.06. The Balaban J connectivity index is 1.36. The molecule has 1 aliphatic rings. The van der Waals surface area contributed by atoms with Crippen molar-refractivity contribution in [2.75, 3.05) is 26.7 Å². The van der Waals surface area contributed by atoms with Crippen LogP contribution in [0.3, 0.4) is 0 Å². The Morgan fingerprint density at radius 3 is 2.63 bits per heavy atom. The number of ether oxygens (including phenoxy) is 1. The molecule has 158 valence electrons. The number of fused-ring (bicyclic) bond motifs is 1. The first-order valence-corrected chi connectivity index (χ1v) is 10.7. The van der Waals surface area contributed by atoms with Gasteiger partial charge in [0.25, 0.3) is 0 Å². The number of methoxy groups -OCH3 is 1. The van der Waals surface area contributed by atoms with E-state index >= 15 is 0 Å². The zero-order valence-electron chi connectivity index (χ0n) is 17.5. The number of hydrogen-bond donors (Lipinski definition) is 1. The molecule has 3 aromatic rings. The summed E-state index contributed by atoms with van der Waals surface area (Å²) in [5.41, 5.74) is 2.80. The molecule has 1 aliphatic heterocycles. The summed E-state index contributed by atoms with van der Waals surface area (Å²) in [7, 11) is 1.67. The molecule has 0 spiro atoms. The summed E-state index contributed by atoms with van der Waals surface area (Å²) in [6, 6.07) is 16.0. The minimum Gasteiger partial charge on any atom is -0.497 e. The predicted molar refractivity (Wildman–Crippen MR) is 116 cm³/mol. The molecule has 2 aromatic carbocycles. The van der Waals surface area contributed by atoms with Gasteiger partial charge in [-0.2, -0.15) is 0 Å². The van der Waals surface area contributed by atoms with Crippen LogP contribution >= 0.6 is 0 Å². The van der Waals surface area contributed by atoms with Crippen molar-refractivity contribution in [3.05, 3.63) is 60.0 Å². The number of para-hydroxylation sites is 2. The number of hydrogen-bond acceptors (Lipinski definition) is 5. The fraction of sp³-hybridized carbons (Fsp3) is 0.417. The second-order valence-electron chi connectivity index (χ2n) is 7.76. The molecule has 1 N–H and O–H groups in total. The van der Waals surface area contributed by atoms with E-state index in [1.54, 1.807) is 7.11 Å². The summed E-state index contributed by atoms with van der Waals surface area (Å²) < 4.78 is 11.0. The lowest BCUT2D eigenvalue weighted by Crippen LogP contribution is -2.40. The lowest BCUT2D eigenvalue weighted by atomic mass is 10.0. The number of nitrogens with zero attached hydrogens (tertiary/aromatic N) is 2. The molecule has 0 aliphatic carbocycles. The Hall–Kier alpha value is -2.86. The summed E-state index contributed by atoms with van der Waals surface area (Å²) in [4.78, 5) is 19.5. The molecular formula is C24H29N3O3. The lowest BCUT2D eigenvalue weighted by molar-refractivity contribution is -0.121. The maximum absolute atomic E-state index is 12.5. The Bertz CT molecular complexity index is 928. The zero-order chi connectivity index (χ0) is 20.8. The van der Waals surface area contributed by atoms with Crippen molar-refractivity contribution in [3.8, 4) is 5.75 Å². The van der Waals surface area contributed by atoms with Gasteiger partial charge >= 0.3 is 0 Å². The number of benzene rings is 2. The van der Waals surface area contributed by atoms with Gasteiger partial charge in [-0.25, -0.2) is 4.98 Å². The smallest absolute Gasteiger partial charge is 0.220 e. The maximum atomic E-state index is 12.5. The first-order chi connectivity index (χ1) is 14.7. The standard InChI is InChI=1S/C24H29N3O3/c1-29-19-11-9-18(10-12-19)21(27-15-5-2-6-16-27)17-25-23(28)13-14-24-26-20-7-3-4-8-22(20)30-24/h3-4,7-12,21H,2,5-6,13-17H2,1H3,(H,25,28). The number of piperidine rings is 1. The molecule has 1 atom stereocenters. The highest BCUT2D eigenvalue weighted by Gasteiger charge is 2.23. The molecule has 1 fully saturated rings. The van der Waals surface area contributed by atoms with Gasteiger partial charge in [0.05, 0.1) is 13.2 Å². The number of nitrogens with one attached hydrogen (secondary N) is 1. The molecule has 0 bridgehead atoms. The SMILES string of the molecule is COc1ccc(C(CNC(=O)CCc2nc3ccccc3o2)N2CCCCC2)cc1. The molecular weight excluding hydrogens is 378 g/mol. The molecule has 30 heavy (non-hydrogen) atoms. The zero-order valence-corrected chi connectivity index (χ0v) is 17.5. The molecule has 4 rings (SSSR count). The third kappa shape index (κ3) is 5.00. The average molecular weight is 408 g/mol. The number of likely N-dealkylation sites (tertiary alicyclic amines) is 1. The van der Waals surface area contributed by atoms with E-state index in [0.29, 0.717) is 25.3 Å². The van der Waals surface area contributed by atoms with Crippen molar-refractivity contribution in [1.82, 2.24) is 15.2 Å². The van der Waals surface area contributed by atoms with Gasteiger partial charge in [0.2, 0.25) is 5.91 Å². The van der Waals surface area contributed by atoms with Gasteiger partial charge in [-0.15, -0.1) is 0 Å². The number of aromatic nitrogens is 1. The van der Waals surface area contributed by atoms with Crippen molar-refractivity contribution < 1.29 is 13.9 Å². The Kier molecular flexibility index (Phi) is 6.64. The topological polar surface area (TPSA) is 67.6 Å². The van der Waals surface area contributed by atoms with Crippen LogP contribution in [0.15, 0.2) is 52.9 Å². The van der Waals surface area contributed by atoms with E-state index in [1.807, 2.05) is 36.4 Å². The number of oxazole rings is 1. The highest BCUT2D eigenvalue weighted by Crippen LogP contribution is 2.26. The van der Waals surface area contributed by atoms with Crippen LogP contribution in [0.1, 0.15) is 43.2 Å². The third-order valence-electron chi connectivity index (χ3n) is 5.73. The minimum absolute atomic E-state index is 0.0211. The fourth-order valence-electron chi connectivity index (χ4n) is 4.06. The molecule has 6 nitrogen and oxygen atoms in total. The molecule has 1 aromatic heterocycles. The summed E-state index contributed by atoms with van der Waals surface area (Å²) in [5.74, 6) is 1.47. The van der Waals surface area contributed by atoms with E-state index in [0.717, 1.165) is 29.9 Å². The second kappa shape index (κ2) is 9.76.